The van der Waals surface area contributed by atoms with E-state index < -0.39 is 6.10 Å². The van der Waals surface area contributed by atoms with E-state index in [-0.39, 0.29) is 6.04 Å². The van der Waals surface area contributed by atoms with Crippen LogP contribution in [0.4, 0.5) is 0 Å². The highest BCUT2D eigenvalue weighted by Crippen LogP contribution is 2.12. The van der Waals surface area contributed by atoms with Crippen LogP contribution in [0.2, 0.25) is 0 Å². The van der Waals surface area contributed by atoms with Crippen LogP contribution in [0.5, 0.6) is 0 Å². The lowest BCUT2D eigenvalue weighted by atomic mass is 10.1. The number of methoxy groups -OCH3 is 1. The second-order valence-electron chi connectivity index (χ2n) is 4.76. The molecule has 108 valence electrons. The molecule has 0 saturated heterocycles. The number of aliphatic hydroxyl groups is 1. The van der Waals surface area contributed by atoms with E-state index in [1.165, 1.54) is 11.1 Å². The summed E-state index contributed by atoms with van der Waals surface area (Å²) in [7, 11) is 1.63. The van der Waals surface area contributed by atoms with Gasteiger partial charge in [0, 0.05) is 19.7 Å². The Bertz CT molecular complexity index is 340. The van der Waals surface area contributed by atoms with Crippen molar-refractivity contribution in [2.45, 2.75) is 26.0 Å². The molecule has 0 aromatic heterocycles. The molecule has 2 atom stereocenters. The van der Waals surface area contributed by atoms with E-state index in [9.17, 15) is 5.11 Å². The molecule has 0 fully saturated rings. The van der Waals surface area contributed by atoms with Crippen molar-refractivity contribution in [1.29, 1.82) is 0 Å². The van der Waals surface area contributed by atoms with Crippen LogP contribution in [0.3, 0.4) is 0 Å². The van der Waals surface area contributed by atoms with E-state index in [2.05, 4.69) is 43.4 Å². The van der Waals surface area contributed by atoms with Gasteiger partial charge in [-0.1, -0.05) is 29.8 Å². The first-order valence-electron chi connectivity index (χ1n) is 6.68. The van der Waals surface area contributed by atoms with Gasteiger partial charge in [0.15, 0.2) is 0 Å². The number of hydrogen-bond acceptors (Lipinski definition) is 4. The van der Waals surface area contributed by atoms with E-state index in [1.807, 2.05) is 0 Å². The Labute approximate surface area is 115 Å². The fourth-order valence-corrected chi connectivity index (χ4v) is 1.71. The number of aryl methyl sites for hydroxylation is 1. The standard InChI is InChI=1S/C15H25NO3/c1-12-4-6-14(7-5-12)13(2)16-10-15(17)11-19-9-8-18-3/h4-7,13,15-17H,8-11H2,1-3H3/t13-,15?/m1/s1. The summed E-state index contributed by atoms with van der Waals surface area (Å²) in [4.78, 5) is 0. The van der Waals surface area contributed by atoms with Gasteiger partial charge in [-0.25, -0.2) is 0 Å². The number of aliphatic hydroxyl groups excluding tert-OH is 1. The van der Waals surface area contributed by atoms with Gasteiger partial charge in [-0.05, 0) is 19.4 Å². The normalized spacial score (nSPS) is 14.3. The van der Waals surface area contributed by atoms with Crippen molar-refractivity contribution in [2.24, 2.45) is 0 Å². The Balaban J connectivity index is 2.22. The minimum absolute atomic E-state index is 0.217. The Morgan fingerprint density at radius 2 is 1.89 bits per heavy atom. The molecule has 0 aliphatic heterocycles. The lowest BCUT2D eigenvalue weighted by molar-refractivity contribution is 0.0130. The number of benzene rings is 1. The third-order valence-electron chi connectivity index (χ3n) is 2.98. The molecule has 4 heteroatoms. The molecule has 19 heavy (non-hydrogen) atoms. The zero-order chi connectivity index (χ0) is 14.1. The molecular formula is C15H25NO3. The van der Waals surface area contributed by atoms with Gasteiger partial charge in [0.05, 0.1) is 25.9 Å². The molecule has 0 bridgehead atoms. The third kappa shape index (κ3) is 6.68. The quantitative estimate of drug-likeness (QED) is 0.668. The van der Waals surface area contributed by atoms with E-state index in [0.717, 1.165) is 0 Å². The van der Waals surface area contributed by atoms with E-state index in [0.29, 0.717) is 26.4 Å². The minimum Gasteiger partial charge on any atom is -0.389 e. The predicted molar refractivity (Wildman–Crippen MR) is 76.3 cm³/mol. The van der Waals surface area contributed by atoms with Crippen molar-refractivity contribution in [2.75, 3.05) is 33.5 Å². The van der Waals surface area contributed by atoms with Crippen molar-refractivity contribution in [3.63, 3.8) is 0 Å². The highest BCUT2D eigenvalue weighted by Gasteiger charge is 2.08. The fourth-order valence-electron chi connectivity index (χ4n) is 1.71. The van der Waals surface area contributed by atoms with Crippen molar-refractivity contribution < 1.29 is 14.6 Å². The Morgan fingerprint density at radius 1 is 1.21 bits per heavy atom. The summed E-state index contributed by atoms with van der Waals surface area (Å²) >= 11 is 0. The van der Waals surface area contributed by atoms with Crippen LogP contribution in [0.25, 0.3) is 0 Å². The number of nitrogens with one attached hydrogen (secondary N) is 1. The minimum atomic E-state index is -0.496. The van der Waals surface area contributed by atoms with Crippen LogP contribution in [-0.2, 0) is 9.47 Å². The molecule has 2 N–H and O–H groups in total. The van der Waals surface area contributed by atoms with E-state index in [1.54, 1.807) is 7.11 Å². The molecule has 0 aliphatic rings. The summed E-state index contributed by atoms with van der Waals surface area (Å²) in [6, 6.07) is 8.62. The maximum Gasteiger partial charge on any atom is 0.0897 e. The first kappa shape index (κ1) is 16.1. The molecule has 0 radical (unpaired) electrons. The van der Waals surface area contributed by atoms with Gasteiger partial charge in [-0.15, -0.1) is 0 Å². The zero-order valence-electron chi connectivity index (χ0n) is 12.1. The molecule has 0 saturated carbocycles. The topological polar surface area (TPSA) is 50.7 Å². The maximum atomic E-state index is 9.76. The van der Waals surface area contributed by atoms with Gasteiger partial charge in [0.1, 0.15) is 0 Å². The highest BCUT2D eigenvalue weighted by atomic mass is 16.5. The Morgan fingerprint density at radius 3 is 2.53 bits per heavy atom. The second-order valence-corrected chi connectivity index (χ2v) is 4.76. The lowest BCUT2D eigenvalue weighted by Crippen LogP contribution is -2.32. The molecular weight excluding hydrogens is 242 g/mol. The average molecular weight is 267 g/mol. The second kappa shape index (κ2) is 9.04. The van der Waals surface area contributed by atoms with Gasteiger partial charge in [0.25, 0.3) is 0 Å². The summed E-state index contributed by atoms with van der Waals surface area (Å²) in [6.45, 7) is 6.08. The summed E-state index contributed by atoms with van der Waals surface area (Å²) in [5, 5.41) is 13.1. The maximum absolute atomic E-state index is 9.76. The summed E-state index contributed by atoms with van der Waals surface area (Å²) in [6.07, 6.45) is -0.496. The van der Waals surface area contributed by atoms with E-state index >= 15 is 0 Å². The summed E-state index contributed by atoms with van der Waals surface area (Å²) < 4.78 is 10.1. The summed E-state index contributed by atoms with van der Waals surface area (Å²) in [5.41, 5.74) is 2.47. The predicted octanol–water partition coefficient (Wildman–Crippen LogP) is 1.67. The van der Waals surface area contributed by atoms with Crippen LogP contribution < -0.4 is 5.32 Å². The Kier molecular flexibility index (Phi) is 7.67. The first-order valence-corrected chi connectivity index (χ1v) is 6.68. The van der Waals surface area contributed by atoms with Gasteiger partial charge in [0.2, 0.25) is 0 Å². The van der Waals surface area contributed by atoms with Gasteiger partial charge in [-0.2, -0.15) is 0 Å². The van der Waals surface area contributed by atoms with Crippen LogP contribution >= 0.6 is 0 Å². The third-order valence-corrected chi connectivity index (χ3v) is 2.98. The Hall–Kier alpha value is -0.940. The SMILES string of the molecule is COCCOCC(O)CN[C@H](C)c1ccc(C)cc1. The molecule has 4 nitrogen and oxygen atoms in total. The van der Waals surface area contributed by atoms with Crippen molar-refractivity contribution in [3.05, 3.63) is 35.4 Å². The number of hydrogen-bond donors (Lipinski definition) is 2. The van der Waals surface area contributed by atoms with Crippen LogP contribution in [0.1, 0.15) is 24.1 Å². The van der Waals surface area contributed by atoms with E-state index in [4.69, 9.17) is 9.47 Å². The van der Waals surface area contributed by atoms with Crippen molar-refractivity contribution >= 4 is 0 Å². The van der Waals surface area contributed by atoms with Crippen molar-refractivity contribution in [3.8, 4) is 0 Å². The summed E-state index contributed by atoms with van der Waals surface area (Å²) in [5.74, 6) is 0. The number of ether oxygens (including phenoxy) is 2. The van der Waals surface area contributed by atoms with Crippen LogP contribution in [0, 0.1) is 6.92 Å². The highest BCUT2D eigenvalue weighted by molar-refractivity contribution is 5.23. The van der Waals surface area contributed by atoms with Crippen LogP contribution in [-0.4, -0.2) is 44.7 Å². The van der Waals surface area contributed by atoms with Gasteiger partial charge >= 0.3 is 0 Å². The van der Waals surface area contributed by atoms with Crippen molar-refractivity contribution in [1.82, 2.24) is 5.32 Å². The monoisotopic (exact) mass is 267 g/mol. The molecule has 1 aromatic rings. The van der Waals surface area contributed by atoms with Crippen LogP contribution in [0.15, 0.2) is 24.3 Å². The molecule has 0 amide bonds. The zero-order valence-corrected chi connectivity index (χ0v) is 12.1. The molecule has 1 unspecified atom stereocenters. The smallest absolute Gasteiger partial charge is 0.0897 e. The largest absolute Gasteiger partial charge is 0.389 e. The lowest BCUT2D eigenvalue weighted by Gasteiger charge is -2.17. The molecule has 0 spiro atoms. The molecule has 1 rings (SSSR count). The first-order chi connectivity index (χ1) is 9.13. The molecule has 0 heterocycles. The fraction of sp³-hybridized carbons (Fsp3) is 0.600. The number of rotatable bonds is 9. The molecule has 0 aliphatic carbocycles. The molecule has 1 aromatic carbocycles. The average Bonchev–Trinajstić information content (AvgIpc) is 2.42. The van der Waals surface area contributed by atoms with Gasteiger partial charge < -0.3 is 19.9 Å². The van der Waals surface area contributed by atoms with Gasteiger partial charge in [-0.3, -0.25) is 0 Å².